The summed E-state index contributed by atoms with van der Waals surface area (Å²) in [6, 6.07) is 10.8. The largest absolute Gasteiger partial charge is 0.455 e. The molecule has 0 spiro atoms. The van der Waals surface area contributed by atoms with Crippen LogP contribution in [0.4, 0.5) is 5.69 Å². The van der Waals surface area contributed by atoms with Gasteiger partial charge in [-0.05, 0) is 36.4 Å². The molecule has 1 aromatic heterocycles. The van der Waals surface area contributed by atoms with E-state index in [9.17, 15) is 9.59 Å². The molecule has 0 aliphatic rings. The van der Waals surface area contributed by atoms with Crippen LogP contribution in [-0.2, 0) is 10.5 Å². The lowest BCUT2D eigenvalue weighted by molar-refractivity contribution is -0.114. The Bertz CT molecular complexity index is 637. The highest BCUT2D eigenvalue weighted by molar-refractivity contribution is 7.98. The van der Waals surface area contributed by atoms with Crippen molar-refractivity contribution in [1.29, 1.82) is 0 Å². The number of anilines is 1. The summed E-state index contributed by atoms with van der Waals surface area (Å²) in [5.41, 5.74) is 2.77. The summed E-state index contributed by atoms with van der Waals surface area (Å²) in [4.78, 5) is 23.2. The summed E-state index contributed by atoms with van der Waals surface area (Å²) in [7, 11) is 0. The van der Waals surface area contributed by atoms with Crippen molar-refractivity contribution < 1.29 is 14.0 Å². The number of nitrogen functional groups attached to an aromatic ring is 1. The molecular formula is C14H15N3O3S. The summed E-state index contributed by atoms with van der Waals surface area (Å²) in [5.74, 6) is 5.95. The SMILES string of the molecule is CC(=O)Nc1ccc(SCc2ccc(C(=O)NN)o2)cc1. The first-order chi connectivity index (χ1) is 10.1. The van der Waals surface area contributed by atoms with E-state index < -0.39 is 5.91 Å². The van der Waals surface area contributed by atoms with E-state index in [0.717, 1.165) is 10.6 Å². The highest BCUT2D eigenvalue weighted by Gasteiger charge is 2.09. The fourth-order valence-corrected chi connectivity index (χ4v) is 2.43. The van der Waals surface area contributed by atoms with Gasteiger partial charge in [0.05, 0.1) is 5.75 Å². The van der Waals surface area contributed by atoms with Gasteiger partial charge in [-0.15, -0.1) is 11.8 Å². The Morgan fingerprint density at radius 3 is 2.52 bits per heavy atom. The second kappa shape index (κ2) is 6.96. The van der Waals surface area contributed by atoms with E-state index in [1.54, 1.807) is 23.9 Å². The summed E-state index contributed by atoms with van der Waals surface area (Å²) in [5, 5.41) is 2.71. The molecule has 0 saturated heterocycles. The summed E-state index contributed by atoms with van der Waals surface area (Å²) >= 11 is 1.56. The van der Waals surface area contributed by atoms with Crippen molar-refractivity contribution in [1.82, 2.24) is 5.43 Å². The van der Waals surface area contributed by atoms with Crippen LogP contribution in [0.1, 0.15) is 23.2 Å². The molecule has 2 rings (SSSR count). The van der Waals surface area contributed by atoms with Gasteiger partial charge in [0.25, 0.3) is 0 Å². The van der Waals surface area contributed by atoms with E-state index in [2.05, 4.69) is 5.32 Å². The van der Waals surface area contributed by atoms with Gasteiger partial charge in [0.1, 0.15) is 5.76 Å². The molecule has 0 aliphatic heterocycles. The average Bonchev–Trinajstić information content (AvgIpc) is 2.94. The smallest absolute Gasteiger partial charge is 0.300 e. The number of furan rings is 1. The minimum absolute atomic E-state index is 0.100. The first-order valence-corrected chi connectivity index (χ1v) is 7.17. The van der Waals surface area contributed by atoms with Crippen LogP contribution in [0, 0.1) is 0 Å². The number of amides is 2. The van der Waals surface area contributed by atoms with Gasteiger partial charge in [0, 0.05) is 17.5 Å². The van der Waals surface area contributed by atoms with Crippen LogP contribution in [0.5, 0.6) is 0 Å². The van der Waals surface area contributed by atoms with Crippen LogP contribution in [0.15, 0.2) is 45.7 Å². The van der Waals surface area contributed by atoms with Crippen LogP contribution in [0.25, 0.3) is 0 Å². The molecule has 21 heavy (non-hydrogen) atoms. The molecule has 110 valence electrons. The Balaban J connectivity index is 1.92. The molecule has 2 aromatic rings. The summed E-state index contributed by atoms with van der Waals surface area (Å²) < 4.78 is 5.36. The Morgan fingerprint density at radius 1 is 1.19 bits per heavy atom. The highest BCUT2D eigenvalue weighted by Crippen LogP contribution is 2.25. The molecule has 6 nitrogen and oxygen atoms in total. The van der Waals surface area contributed by atoms with Crippen LogP contribution in [-0.4, -0.2) is 11.8 Å². The molecule has 1 heterocycles. The number of carbonyl (C=O) groups is 2. The van der Waals surface area contributed by atoms with Crippen molar-refractivity contribution in [3.63, 3.8) is 0 Å². The average molecular weight is 305 g/mol. The molecular weight excluding hydrogens is 290 g/mol. The normalized spacial score (nSPS) is 10.2. The molecule has 0 radical (unpaired) electrons. The van der Waals surface area contributed by atoms with E-state index in [0.29, 0.717) is 11.5 Å². The van der Waals surface area contributed by atoms with Crippen LogP contribution in [0.2, 0.25) is 0 Å². The molecule has 0 atom stereocenters. The zero-order chi connectivity index (χ0) is 15.2. The van der Waals surface area contributed by atoms with Crippen molar-refractivity contribution in [2.75, 3.05) is 5.32 Å². The number of nitrogens with two attached hydrogens (primary N) is 1. The molecule has 2 amide bonds. The molecule has 4 N–H and O–H groups in total. The van der Waals surface area contributed by atoms with Gasteiger partial charge >= 0.3 is 5.91 Å². The zero-order valence-electron chi connectivity index (χ0n) is 11.4. The van der Waals surface area contributed by atoms with Crippen LogP contribution >= 0.6 is 11.8 Å². The van der Waals surface area contributed by atoms with Crippen LogP contribution < -0.4 is 16.6 Å². The number of carbonyl (C=O) groups excluding carboxylic acids is 2. The molecule has 0 bridgehead atoms. The lowest BCUT2D eigenvalue weighted by Crippen LogP contribution is -2.29. The lowest BCUT2D eigenvalue weighted by atomic mass is 10.3. The van der Waals surface area contributed by atoms with E-state index in [4.69, 9.17) is 10.3 Å². The number of hydrazine groups is 1. The van der Waals surface area contributed by atoms with Crippen molar-refractivity contribution in [3.05, 3.63) is 47.9 Å². The third-order valence-electron chi connectivity index (χ3n) is 2.57. The van der Waals surface area contributed by atoms with Gasteiger partial charge in [0.15, 0.2) is 5.76 Å². The fourth-order valence-electron chi connectivity index (χ4n) is 1.64. The molecule has 7 heteroatoms. The monoisotopic (exact) mass is 305 g/mol. The number of rotatable bonds is 5. The number of thioether (sulfide) groups is 1. The standard InChI is InChI=1S/C14H15N3O3S/c1-9(18)16-10-2-5-12(6-3-10)21-8-11-4-7-13(20-11)14(19)17-15/h2-7H,8,15H2,1H3,(H,16,18)(H,17,19). The van der Waals surface area contributed by atoms with Crippen molar-refractivity contribution in [2.45, 2.75) is 17.6 Å². The van der Waals surface area contributed by atoms with E-state index in [1.807, 2.05) is 29.7 Å². The predicted molar refractivity (Wildman–Crippen MR) is 80.7 cm³/mol. The second-order valence-corrected chi connectivity index (χ2v) is 5.28. The van der Waals surface area contributed by atoms with Crippen molar-refractivity contribution in [2.24, 2.45) is 5.84 Å². The topological polar surface area (TPSA) is 97.4 Å². The maximum absolute atomic E-state index is 11.3. The number of benzene rings is 1. The minimum atomic E-state index is -0.453. The quantitative estimate of drug-likeness (QED) is 0.340. The summed E-state index contributed by atoms with van der Waals surface area (Å²) in [6.45, 7) is 1.47. The molecule has 0 fully saturated rings. The van der Waals surface area contributed by atoms with Gasteiger partial charge in [-0.2, -0.15) is 0 Å². The van der Waals surface area contributed by atoms with Gasteiger partial charge in [0.2, 0.25) is 5.91 Å². The maximum atomic E-state index is 11.3. The number of nitrogens with one attached hydrogen (secondary N) is 2. The second-order valence-electron chi connectivity index (χ2n) is 4.23. The van der Waals surface area contributed by atoms with Gasteiger partial charge in [-0.1, -0.05) is 0 Å². The van der Waals surface area contributed by atoms with Crippen molar-refractivity contribution >= 4 is 29.3 Å². The zero-order valence-corrected chi connectivity index (χ0v) is 12.2. The third-order valence-corrected chi connectivity index (χ3v) is 3.61. The van der Waals surface area contributed by atoms with Crippen LogP contribution in [0.3, 0.4) is 0 Å². The third kappa shape index (κ3) is 4.37. The lowest BCUT2D eigenvalue weighted by Gasteiger charge is -2.03. The molecule has 0 saturated carbocycles. The minimum Gasteiger partial charge on any atom is -0.455 e. The van der Waals surface area contributed by atoms with Crippen molar-refractivity contribution in [3.8, 4) is 0 Å². The summed E-state index contributed by atoms with van der Waals surface area (Å²) in [6.07, 6.45) is 0. The van der Waals surface area contributed by atoms with E-state index in [1.165, 1.54) is 6.92 Å². The first kappa shape index (κ1) is 15.1. The maximum Gasteiger partial charge on any atom is 0.300 e. The predicted octanol–water partition coefficient (Wildman–Crippen LogP) is 2.13. The van der Waals surface area contributed by atoms with Gasteiger partial charge < -0.3 is 9.73 Å². The van der Waals surface area contributed by atoms with Gasteiger partial charge in [-0.3, -0.25) is 15.0 Å². The van der Waals surface area contributed by atoms with E-state index in [-0.39, 0.29) is 11.7 Å². The first-order valence-electron chi connectivity index (χ1n) is 6.18. The Labute approximate surface area is 126 Å². The molecule has 0 aliphatic carbocycles. The fraction of sp³-hybridized carbons (Fsp3) is 0.143. The molecule has 0 unspecified atom stereocenters. The Hall–Kier alpha value is -2.25. The van der Waals surface area contributed by atoms with Gasteiger partial charge in [-0.25, -0.2) is 5.84 Å². The van der Waals surface area contributed by atoms with E-state index >= 15 is 0 Å². The Morgan fingerprint density at radius 2 is 1.90 bits per heavy atom. The highest BCUT2D eigenvalue weighted by atomic mass is 32.2. The number of hydrogen-bond donors (Lipinski definition) is 3. The molecule has 1 aromatic carbocycles. The Kier molecular flexibility index (Phi) is 5.02. The number of hydrogen-bond acceptors (Lipinski definition) is 5.